The van der Waals surface area contributed by atoms with E-state index in [0.717, 1.165) is 6.20 Å². The number of hydrogen-bond acceptors (Lipinski definition) is 4. The second kappa shape index (κ2) is 2.96. The highest BCUT2D eigenvalue weighted by molar-refractivity contribution is 5.86. The Morgan fingerprint density at radius 1 is 1.75 bits per heavy atom. The average Bonchev–Trinajstić information content (AvgIpc) is 2.03. The summed E-state index contributed by atoms with van der Waals surface area (Å²) in [4.78, 5) is 17.7. The summed E-state index contributed by atoms with van der Waals surface area (Å²) in [5.74, 6) is -1.13. The van der Waals surface area contributed by atoms with E-state index in [1.165, 1.54) is 6.92 Å². The molecule has 0 fully saturated rings. The van der Waals surface area contributed by atoms with Crippen LogP contribution in [0.1, 0.15) is 21.9 Å². The fourth-order valence-corrected chi connectivity index (χ4v) is 0.745. The predicted octanol–water partition coefficient (Wildman–Crippen LogP) is 0.355. The third-order valence-corrected chi connectivity index (χ3v) is 1.26. The molecule has 0 atom stereocenters. The third kappa shape index (κ3) is 1.37. The highest BCUT2D eigenvalue weighted by atomic mass is 16.4. The van der Waals surface area contributed by atoms with E-state index in [-0.39, 0.29) is 17.1 Å². The lowest BCUT2D eigenvalue weighted by Crippen LogP contribution is -2.05. The van der Waals surface area contributed by atoms with Gasteiger partial charge in [0.2, 0.25) is 0 Å². The Labute approximate surface area is 68.3 Å². The number of aryl methyl sites for hydroxylation is 1. The molecule has 0 unspecified atom stereocenters. The minimum Gasteiger partial charge on any atom is -0.476 e. The van der Waals surface area contributed by atoms with E-state index in [9.17, 15) is 4.79 Å². The molecule has 0 bridgehead atoms. The molecule has 5 nitrogen and oxygen atoms in total. The first kappa shape index (κ1) is 8.14. The van der Waals surface area contributed by atoms with Gasteiger partial charge in [-0.25, -0.2) is 14.8 Å². The van der Waals surface area contributed by atoms with E-state index in [4.69, 9.17) is 10.4 Å². The summed E-state index contributed by atoms with van der Waals surface area (Å²) < 4.78 is 0. The van der Waals surface area contributed by atoms with Crippen LogP contribution in [0.5, 0.6) is 0 Å². The smallest absolute Gasteiger partial charge is 0.356 e. The molecule has 1 aromatic rings. The van der Waals surface area contributed by atoms with Gasteiger partial charge in [-0.3, -0.25) is 0 Å². The average molecular weight is 163 g/mol. The van der Waals surface area contributed by atoms with Crippen LogP contribution in [0.2, 0.25) is 0 Å². The number of nitriles is 1. The molecule has 0 aliphatic rings. The largest absolute Gasteiger partial charge is 0.476 e. The summed E-state index contributed by atoms with van der Waals surface area (Å²) in [6.45, 7) is 1.50. The number of hydrogen-bond donors (Lipinski definition) is 1. The number of carboxylic acid groups (broad SMARTS) is 1. The summed E-state index contributed by atoms with van der Waals surface area (Å²) in [5.41, 5.74) is 0.257. The van der Waals surface area contributed by atoms with Crippen LogP contribution < -0.4 is 0 Å². The second-order valence-electron chi connectivity index (χ2n) is 2.11. The first-order chi connectivity index (χ1) is 5.65. The molecule has 0 saturated heterocycles. The Morgan fingerprint density at radius 2 is 2.42 bits per heavy atom. The van der Waals surface area contributed by atoms with Crippen molar-refractivity contribution in [2.45, 2.75) is 6.92 Å². The van der Waals surface area contributed by atoms with Crippen LogP contribution in [-0.4, -0.2) is 21.0 Å². The summed E-state index contributed by atoms with van der Waals surface area (Å²) >= 11 is 0. The van der Waals surface area contributed by atoms with Crippen LogP contribution in [0.3, 0.4) is 0 Å². The van der Waals surface area contributed by atoms with Crippen molar-refractivity contribution in [1.29, 1.82) is 5.26 Å². The van der Waals surface area contributed by atoms with Crippen LogP contribution in [0, 0.1) is 18.3 Å². The second-order valence-corrected chi connectivity index (χ2v) is 2.11. The Hall–Kier alpha value is -1.96. The molecule has 0 aliphatic heterocycles. The number of aromatic carboxylic acids is 1. The molecule has 1 rings (SSSR count). The van der Waals surface area contributed by atoms with Gasteiger partial charge in [0.15, 0.2) is 11.4 Å². The van der Waals surface area contributed by atoms with Crippen molar-refractivity contribution in [2.24, 2.45) is 0 Å². The molecule has 0 aromatic carbocycles. The first-order valence-corrected chi connectivity index (χ1v) is 3.12. The molecule has 0 aliphatic carbocycles. The van der Waals surface area contributed by atoms with Gasteiger partial charge in [0.1, 0.15) is 6.07 Å². The van der Waals surface area contributed by atoms with Gasteiger partial charge in [0.05, 0.1) is 11.9 Å². The molecule has 5 heteroatoms. The van der Waals surface area contributed by atoms with Crippen molar-refractivity contribution in [3.05, 3.63) is 23.3 Å². The van der Waals surface area contributed by atoms with E-state index in [1.807, 2.05) is 0 Å². The molecule has 12 heavy (non-hydrogen) atoms. The van der Waals surface area contributed by atoms with Crippen molar-refractivity contribution < 1.29 is 9.90 Å². The third-order valence-electron chi connectivity index (χ3n) is 1.26. The van der Waals surface area contributed by atoms with Crippen LogP contribution in [-0.2, 0) is 0 Å². The van der Waals surface area contributed by atoms with E-state index in [0.29, 0.717) is 0 Å². The molecule has 60 valence electrons. The maximum absolute atomic E-state index is 10.4. The zero-order valence-corrected chi connectivity index (χ0v) is 6.27. The van der Waals surface area contributed by atoms with Gasteiger partial charge in [0, 0.05) is 0 Å². The number of carboxylic acids is 1. The molecule has 0 saturated carbocycles. The van der Waals surface area contributed by atoms with Gasteiger partial charge in [-0.15, -0.1) is 0 Å². The highest BCUT2D eigenvalue weighted by Crippen LogP contribution is 2.01. The topological polar surface area (TPSA) is 86.9 Å². The molecule has 0 radical (unpaired) electrons. The summed E-state index contributed by atoms with van der Waals surface area (Å²) in [7, 11) is 0. The molecule has 0 amide bonds. The zero-order chi connectivity index (χ0) is 9.14. The summed E-state index contributed by atoms with van der Waals surface area (Å²) in [6.07, 6.45) is 1.14. The van der Waals surface area contributed by atoms with Gasteiger partial charge < -0.3 is 5.11 Å². The van der Waals surface area contributed by atoms with Gasteiger partial charge in [-0.05, 0) is 6.92 Å². The van der Waals surface area contributed by atoms with Crippen molar-refractivity contribution in [3.63, 3.8) is 0 Å². The van der Waals surface area contributed by atoms with E-state index >= 15 is 0 Å². The van der Waals surface area contributed by atoms with E-state index < -0.39 is 5.97 Å². The summed E-state index contributed by atoms with van der Waals surface area (Å²) in [5, 5.41) is 16.9. The van der Waals surface area contributed by atoms with Crippen LogP contribution >= 0.6 is 0 Å². The monoisotopic (exact) mass is 163 g/mol. The standard InChI is InChI=1S/C7H5N3O2/c1-4-6(7(11)12)9-3-5(2-8)10-4/h3H,1H3,(H,11,12). The quantitative estimate of drug-likeness (QED) is 0.645. The highest BCUT2D eigenvalue weighted by Gasteiger charge is 2.09. The lowest BCUT2D eigenvalue weighted by Gasteiger charge is -1.96. The number of rotatable bonds is 1. The maximum atomic E-state index is 10.4. The molecular formula is C7H5N3O2. The Morgan fingerprint density at radius 3 is 2.83 bits per heavy atom. The Bertz CT molecular complexity index is 367. The normalized spacial score (nSPS) is 9.00. The predicted molar refractivity (Wildman–Crippen MR) is 38.4 cm³/mol. The molecular weight excluding hydrogens is 158 g/mol. The molecule has 1 N–H and O–H groups in total. The lowest BCUT2D eigenvalue weighted by molar-refractivity contribution is 0.0689. The number of carbonyl (C=O) groups is 1. The van der Waals surface area contributed by atoms with Crippen molar-refractivity contribution in [1.82, 2.24) is 9.97 Å². The number of nitrogens with zero attached hydrogens (tertiary/aromatic N) is 3. The maximum Gasteiger partial charge on any atom is 0.356 e. The van der Waals surface area contributed by atoms with E-state index in [2.05, 4.69) is 9.97 Å². The van der Waals surface area contributed by atoms with Gasteiger partial charge in [-0.2, -0.15) is 5.26 Å². The van der Waals surface area contributed by atoms with Crippen molar-refractivity contribution in [2.75, 3.05) is 0 Å². The minimum absolute atomic E-state index is 0.117. The van der Waals surface area contributed by atoms with Crippen molar-refractivity contribution >= 4 is 5.97 Å². The van der Waals surface area contributed by atoms with Crippen LogP contribution in [0.25, 0.3) is 0 Å². The molecule has 1 heterocycles. The summed E-state index contributed by atoms with van der Waals surface area (Å²) in [6, 6.07) is 1.77. The molecule has 1 aromatic heterocycles. The minimum atomic E-state index is -1.13. The van der Waals surface area contributed by atoms with Gasteiger partial charge in [-0.1, -0.05) is 0 Å². The van der Waals surface area contributed by atoms with Gasteiger partial charge in [0.25, 0.3) is 0 Å². The number of aromatic nitrogens is 2. The fraction of sp³-hybridized carbons (Fsp3) is 0.143. The van der Waals surface area contributed by atoms with E-state index in [1.54, 1.807) is 6.07 Å². The zero-order valence-electron chi connectivity index (χ0n) is 6.27. The fourth-order valence-electron chi connectivity index (χ4n) is 0.745. The Kier molecular flexibility index (Phi) is 2.01. The SMILES string of the molecule is Cc1nc(C#N)cnc1C(=O)O. The molecule has 0 spiro atoms. The van der Waals surface area contributed by atoms with Gasteiger partial charge >= 0.3 is 5.97 Å². The first-order valence-electron chi connectivity index (χ1n) is 3.12. The Balaban J connectivity index is 3.23. The van der Waals surface area contributed by atoms with Crippen LogP contribution in [0.4, 0.5) is 0 Å². The van der Waals surface area contributed by atoms with Crippen LogP contribution in [0.15, 0.2) is 6.20 Å². The lowest BCUT2D eigenvalue weighted by atomic mass is 10.3. The van der Waals surface area contributed by atoms with Crippen molar-refractivity contribution in [3.8, 4) is 6.07 Å².